The summed E-state index contributed by atoms with van der Waals surface area (Å²) in [6.07, 6.45) is 7.82. The summed E-state index contributed by atoms with van der Waals surface area (Å²) in [6.45, 7) is 4.53. The highest BCUT2D eigenvalue weighted by Gasteiger charge is 2.20. The van der Waals surface area contributed by atoms with E-state index in [9.17, 15) is 9.59 Å². The van der Waals surface area contributed by atoms with Crippen molar-refractivity contribution < 1.29 is 19.1 Å². The van der Waals surface area contributed by atoms with E-state index >= 15 is 0 Å². The minimum atomic E-state index is -0.266. The van der Waals surface area contributed by atoms with Crippen LogP contribution in [-0.4, -0.2) is 68.8 Å². The molecule has 0 atom stereocenters. The lowest BCUT2D eigenvalue weighted by atomic mass is 10.1. The van der Waals surface area contributed by atoms with Gasteiger partial charge in [0.2, 0.25) is 5.91 Å². The first kappa shape index (κ1) is 24.8. The largest absolute Gasteiger partial charge is 0.466 e. The van der Waals surface area contributed by atoms with Crippen molar-refractivity contribution >= 4 is 33.7 Å². The molecule has 5 aromatic rings. The summed E-state index contributed by atoms with van der Waals surface area (Å²) in [5.41, 5.74) is 3.69. The van der Waals surface area contributed by atoms with E-state index in [4.69, 9.17) is 14.5 Å². The average molecular weight is 524 g/mol. The Morgan fingerprint density at radius 1 is 0.846 bits per heavy atom. The quantitative estimate of drug-likeness (QED) is 0.301. The van der Waals surface area contributed by atoms with Gasteiger partial charge in [-0.2, -0.15) is 0 Å². The molecule has 3 aromatic heterocycles. The van der Waals surface area contributed by atoms with Crippen LogP contribution in [0.15, 0.2) is 73.3 Å². The van der Waals surface area contributed by atoms with Gasteiger partial charge in [-0.15, -0.1) is 0 Å². The molecular weight excluding hydrogens is 494 g/mol. The van der Waals surface area contributed by atoms with Crippen LogP contribution in [-0.2, 0) is 31.9 Å². The van der Waals surface area contributed by atoms with E-state index in [1.807, 2.05) is 75.0 Å². The molecule has 0 spiro atoms. The van der Waals surface area contributed by atoms with Gasteiger partial charge in [0.05, 0.1) is 56.1 Å². The van der Waals surface area contributed by atoms with Gasteiger partial charge in [0, 0.05) is 36.3 Å². The van der Waals surface area contributed by atoms with Crippen LogP contribution in [0.25, 0.3) is 33.4 Å². The highest BCUT2D eigenvalue weighted by Crippen LogP contribution is 2.28. The van der Waals surface area contributed by atoms with E-state index in [0.29, 0.717) is 51.0 Å². The summed E-state index contributed by atoms with van der Waals surface area (Å²) < 4.78 is 14.5. The minimum absolute atomic E-state index is 0.0916. The van der Waals surface area contributed by atoms with E-state index in [1.165, 1.54) is 0 Å². The van der Waals surface area contributed by atoms with Gasteiger partial charge in [0.1, 0.15) is 0 Å². The summed E-state index contributed by atoms with van der Waals surface area (Å²) in [7, 11) is 0. The molecule has 0 radical (unpaired) electrons. The van der Waals surface area contributed by atoms with E-state index in [0.717, 1.165) is 32.9 Å². The van der Waals surface area contributed by atoms with Crippen LogP contribution in [0.5, 0.6) is 0 Å². The number of hydrogen-bond acceptors (Lipinski definition) is 6. The predicted molar refractivity (Wildman–Crippen MR) is 147 cm³/mol. The second-order valence-corrected chi connectivity index (χ2v) is 9.47. The lowest BCUT2D eigenvalue weighted by Crippen LogP contribution is -2.41. The van der Waals surface area contributed by atoms with Gasteiger partial charge in [-0.3, -0.25) is 23.7 Å². The SMILES string of the molecule is CCOC(=O)Cc1cn(-c2cncc(-n3cc(CC(=O)N4CCOCC4)c4ccccc43)n2)c2ccccc12. The number of carbonyl (C=O) groups excluding carboxylic acids is 2. The number of amides is 1. The number of para-hydroxylation sites is 2. The Morgan fingerprint density at radius 3 is 2.00 bits per heavy atom. The number of aromatic nitrogens is 4. The van der Waals surface area contributed by atoms with Crippen molar-refractivity contribution in [2.75, 3.05) is 32.9 Å². The number of hydrogen-bond donors (Lipinski definition) is 0. The summed E-state index contributed by atoms with van der Waals surface area (Å²) in [5, 5.41) is 1.97. The zero-order valence-corrected chi connectivity index (χ0v) is 21.7. The smallest absolute Gasteiger partial charge is 0.310 e. The van der Waals surface area contributed by atoms with Crippen molar-refractivity contribution in [3.8, 4) is 11.6 Å². The molecule has 39 heavy (non-hydrogen) atoms. The number of ether oxygens (including phenoxy) is 2. The normalized spacial score (nSPS) is 13.7. The summed E-state index contributed by atoms with van der Waals surface area (Å²) in [5.74, 6) is 1.09. The van der Waals surface area contributed by atoms with E-state index in [-0.39, 0.29) is 18.3 Å². The number of esters is 1. The molecule has 1 aliphatic rings. The third-order valence-corrected chi connectivity index (χ3v) is 7.04. The molecule has 0 saturated carbocycles. The van der Waals surface area contributed by atoms with Gasteiger partial charge in [-0.1, -0.05) is 36.4 Å². The fourth-order valence-electron chi connectivity index (χ4n) is 5.19. The van der Waals surface area contributed by atoms with Crippen molar-refractivity contribution in [1.29, 1.82) is 0 Å². The van der Waals surface area contributed by atoms with Crippen molar-refractivity contribution in [2.45, 2.75) is 19.8 Å². The van der Waals surface area contributed by atoms with Gasteiger partial charge < -0.3 is 14.4 Å². The monoisotopic (exact) mass is 523 g/mol. The van der Waals surface area contributed by atoms with Crippen LogP contribution < -0.4 is 0 Å². The molecule has 6 rings (SSSR count). The van der Waals surface area contributed by atoms with Crippen LogP contribution in [0.2, 0.25) is 0 Å². The molecule has 4 heterocycles. The number of rotatable bonds is 7. The first-order chi connectivity index (χ1) is 19.1. The molecular formula is C30H29N5O4. The van der Waals surface area contributed by atoms with Gasteiger partial charge >= 0.3 is 5.97 Å². The van der Waals surface area contributed by atoms with E-state index in [1.54, 1.807) is 19.3 Å². The number of carbonyl (C=O) groups is 2. The fourth-order valence-corrected chi connectivity index (χ4v) is 5.19. The highest BCUT2D eigenvalue weighted by molar-refractivity contribution is 5.91. The third-order valence-electron chi connectivity index (χ3n) is 7.04. The van der Waals surface area contributed by atoms with Crippen molar-refractivity contribution in [3.63, 3.8) is 0 Å². The second-order valence-electron chi connectivity index (χ2n) is 9.47. The Morgan fingerprint density at radius 2 is 1.41 bits per heavy atom. The number of benzene rings is 2. The van der Waals surface area contributed by atoms with Crippen LogP contribution >= 0.6 is 0 Å². The number of morpholine rings is 1. The number of nitrogens with zero attached hydrogens (tertiary/aromatic N) is 5. The molecule has 0 bridgehead atoms. The molecule has 1 saturated heterocycles. The molecule has 1 aliphatic heterocycles. The lowest BCUT2D eigenvalue weighted by molar-refractivity contribution is -0.142. The molecule has 198 valence electrons. The molecule has 1 amide bonds. The molecule has 1 fully saturated rings. The van der Waals surface area contributed by atoms with Crippen molar-refractivity contribution in [3.05, 3.63) is 84.4 Å². The van der Waals surface area contributed by atoms with Crippen molar-refractivity contribution in [1.82, 2.24) is 24.0 Å². The van der Waals surface area contributed by atoms with Gasteiger partial charge in [-0.25, -0.2) is 4.98 Å². The molecule has 0 aliphatic carbocycles. The molecule has 2 aromatic carbocycles. The standard InChI is InChI=1S/C30H29N5O4/c1-2-39-30(37)16-22-20-35(26-10-6-4-8-24(22)26)28-18-31-17-27(32-28)34-19-21(23-7-3-5-9-25(23)34)15-29(36)33-11-13-38-14-12-33/h3-10,17-20H,2,11-16H2,1H3. The topological polar surface area (TPSA) is 91.5 Å². The van der Waals surface area contributed by atoms with Gasteiger partial charge in [0.25, 0.3) is 0 Å². The predicted octanol–water partition coefficient (Wildman–Crippen LogP) is 3.87. The van der Waals surface area contributed by atoms with Gasteiger partial charge in [0.15, 0.2) is 11.6 Å². The minimum Gasteiger partial charge on any atom is -0.466 e. The number of fused-ring (bicyclic) bond motifs is 2. The van der Waals surface area contributed by atoms with Crippen molar-refractivity contribution in [2.24, 2.45) is 0 Å². The average Bonchev–Trinajstić information content (AvgIpc) is 3.52. The second kappa shape index (κ2) is 10.7. The zero-order valence-electron chi connectivity index (χ0n) is 21.7. The zero-order chi connectivity index (χ0) is 26.8. The summed E-state index contributed by atoms with van der Waals surface area (Å²) >= 11 is 0. The van der Waals surface area contributed by atoms with Crippen LogP contribution in [0.1, 0.15) is 18.1 Å². The molecule has 0 unspecified atom stereocenters. The van der Waals surface area contributed by atoms with Crippen LogP contribution in [0, 0.1) is 0 Å². The highest BCUT2D eigenvalue weighted by atomic mass is 16.5. The Kier molecular flexibility index (Phi) is 6.81. The summed E-state index contributed by atoms with van der Waals surface area (Å²) in [4.78, 5) is 36.6. The first-order valence-corrected chi connectivity index (χ1v) is 13.1. The molecule has 9 heteroatoms. The Labute approximate surface area is 225 Å². The third kappa shape index (κ3) is 4.88. The van der Waals surface area contributed by atoms with Crippen LogP contribution in [0.4, 0.5) is 0 Å². The fraction of sp³-hybridized carbons (Fsp3) is 0.267. The van der Waals surface area contributed by atoms with Gasteiger partial charge in [-0.05, 0) is 30.2 Å². The Hall–Kier alpha value is -4.50. The van der Waals surface area contributed by atoms with Crippen LogP contribution in [0.3, 0.4) is 0 Å². The molecule has 9 nitrogen and oxygen atoms in total. The lowest BCUT2D eigenvalue weighted by Gasteiger charge is -2.26. The Bertz CT molecular complexity index is 1660. The maximum absolute atomic E-state index is 13.0. The first-order valence-electron chi connectivity index (χ1n) is 13.1. The maximum Gasteiger partial charge on any atom is 0.310 e. The van der Waals surface area contributed by atoms with E-state index in [2.05, 4.69) is 4.98 Å². The summed E-state index contributed by atoms with van der Waals surface area (Å²) in [6, 6.07) is 15.9. The van der Waals surface area contributed by atoms with E-state index < -0.39 is 0 Å². The molecule has 0 N–H and O–H groups in total. The maximum atomic E-state index is 13.0. The Balaban J connectivity index is 1.38.